The molecule has 0 saturated carbocycles. The van der Waals surface area contributed by atoms with Crippen LogP contribution in [0.5, 0.6) is 0 Å². The number of carbonyl (C=O) groups excluding carboxylic acids is 2. The van der Waals surface area contributed by atoms with Gasteiger partial charge < -0.3 is 10.2 Å². The molecular weight excluding hydrogens is 429 g/mol. The summed E-state index contributed by atoms with van der Waals surface area (Å²) < 4.78 is 40.3. The molecule has 158 valence electrons. The van der Waals surface area contributed by atoms with E-state index >= 15 is 0 Å². The Balaban J connectivity index is 1.80. The minimum absolute atomic E-state index is 0.0220. The number of nitrogens with one attached hydrogen (secondary N) is 1. The van der Waals surface area contributed by atoms with E-state index in [2.05, 4.69) is 5.32 Å². The molecule has 10 heteroatoms. The van der Waals surface area contributed by atoms with Gasteiger partial charge in [-0.05, 0) is 62.0 Å². The van der Waals surface area contributed by atoms with Gasteiger partial charge in [0.15, 0.2) is 5.11 Å². The van der Waals surface area contributed by atoms with Crippen LogP contribution in [0.4, 0.5) is 24.5 Å². The average molecular weight is 444 g/mol. The molecule has 2 heterocycles. The van der Waals surface area contributed by atoms with Crippen molar-refractivity contribution in [2.75, 3.05) is 9.80 Å². The number of halogens is 3. The highest BCUT2D eigenvalue weighted by atomic mass is 32.1. The zero-order chi connectivity index (χ0) is 22.7. The second-order valence-corrected chi connectivity index (χ2v) is 8.05. The molecule has 2 aliphatic rings. The molecule has 0 aliphatic carbocycles. The molecule has 2 aliphatic heterocycles. The number of hydrogen-bond donors (Lipinski definition) is 1. The van der Waals surface area contributed by atoms with Crippen LogP contribution < -0.4 is 15.1 Å². The number of nitrogens with zero attached hydrogens (tertiary/aromatic N) is 3. The van der Waals surface area contributed by atoms with Crippen LogP contribution >= 0.6 is 12.2 Å². The highest BCUT2D eigenvalue weighted by molar-refractivity contribution is 7.81. The number of thiocarbonyl (C=S) groups is 1. The highest BCUT2D eigenvalue weighted by Gasteiger charge is 2.51. The number of fused-ring (bicyclic) bond motifs is 1. The molecule has 0 atom stereocenters. The quantitative estimate of drug-likeness (QED) is 0.715. The fourth-order valence-corrected chi connectivity index (χ4v) is 4.32. The minimum Gasteiger partial charge on any atom is -0.348 e. The van der Waals surface area contributed by atoms with Gasteiger partial charge in [0.1, 0.15) is 5.54 Å². The van der Waals surface area contributed by atoms with Crippen LogP contribution in [0.3, 0.4) is 0 Å². The number of hydrogen-bond acceptors (Lipinski definition) is 4. The van der Waals surface area contributed by atoms with Crippen LogP contribution in [-0.2, 0) is 17.5 Å². The predicted molar refractivity (Wildman–Crippen MR) is 110 cm³/mol. The van der Waals surface area contributed by atoms with Gasteiger partial charge >= 0.3 is 6.18 Å². The van der Waals surface area contributed by atoms with Crippen molar-refractivity contribution in [3.8, 4) is 6.07 Å². The first-order valence-corrected chi connectivity index (χ1v) is 9.59. The van der Waals surface area contributed by atoms with Gasteiger partial charge in [0.05, 0.1) is 22.9 Å². The van der Waals surface area contributed by atoms with Gasteiger partial charge in [-0.1, -0.05) is 6.07 Å². The summed E-state index contributed by atoms with van der Waals surface area (Å²) >= 11 is 5.49. The summed E-state index contributed by atoms with van der Waals surface area (Å²) in [5, 5.41) is 11.7. The zero-order valence-electron chi connectivity index (χ0n) is 16.4. The lowest BCUT2D eigenvalue weighted by Gasteiger charge is -2.29. The van der Waals surface area contributed by atoms with Crippen molar-refractivity contribution >= 4 is 40.5 Å². The molecule has 2 aromatic rings. The van der Waals surface area contributed by atoms with Crippen molar-refractivity contribution in [2.45, 2.75) is 32.1 Å². The number of alkyl halides is 3. The van der Waals surface area contributed by atoms with Crippen molar-refractivity contribution in [2.24, 2.45) is 0 Å². The van der Waals surface area contributed by atoms with E-state index in [1.54, 1.807) is 32.0 Å². The standard InChI is InChI=1S/C21H15F3N4O2S/c1-20(2)18(30)27(13-5-3-11(9-25)16(8-13)21(22,23)24)19(31)28(20)14-6-4-12-10-26-17(29)15(12)7-14/h3-8H,10H2,1-2H3,(H,26,29). The molecular formula is C21H15F3N4O2S. The second-order valence-electron chi connectivity index (χ2n) is 7.68. The first-order valence-electron chi connectivity index (χ1n) is 9.18. The molecule has 31 heavy (non-hydrogen) atoms. The molecule has 1 saturated heterocycles. The summed E-state index contributed by atoms with van der Waals surface area (Å²) in [6.07, 6.45) is -4.77. The number of nitriles is 1. The van der Waals surface area contributed by atoms with Crippen molar-refractivity contribution in [3.63, 3.8) is 0 Å². The van der Waals surface area contributed by atoms with Crippen LogP contribution in [-0.4, -0.2) is 22.5 Å². The molecule has 1 fully saturated rings. The van der Waals surface area contributed by atoms with E-state index in [0.717, 1.165) is 22.6 Å². The van der Waals surface area contributed by atoms with Crippen molar-refractivity contribution < 1.29 is 22.8 Å². The topological polar surface area (TPSA) is 76.4 Å². The third-order valence-electron chi connectivity index (χ3n) is 5.39. The zero-order valence-corrected chi connectivity index (χ0v) is 17.2. The first kappa shape index (κ1) is 20.8. The van der Waals surface area contributed by atoms with E-state index in [4.69, 9.17) is 17.5 Å². The average Bonchev–Trinajstić information content (AvgIpc) is 3.15. The molecule has 0 radical (unpaired) electrons. The van der Waals surface area contributed by atoms with Crippen LogP contribution in [0.1, 0.15) is 40.9 Å². The third kappa shape index (κ3) is 3.13. The summed E-state index contributed by atoms with van der Waals surface area (Å²) in [5.41, 5.74) is -1.25. The summed E-state index contributed by atoms with van der Waals surface area (Å²) in [6, 6.07) is 9.61. The smallest absolute Gasteiger partial charge is 0.348 e. The van der Waals surface area contributed by atoms with E-state index < -0.39 is 28.7 Å². The molecule has 0 bridgehead atoms. The highest BCUT2D eigenvalue weighted by Crippen LogP contribution is 2.40. The third-order valence-corrected chi connectivity index (χ3v) is 5.76. The lowest BCUT2D eigenvalue weighted by atomic mass is 10.0. The maximum atomic E-state index is 13.4. The van der Waals surface area contributed by atoms with Gasteiger partial charge in [-0.3, -0.25) is 14.5 Å². The second kappa shape index (κ2) is 6.78. The van der Waals surface area contributed by atoms with E-state index in [9.17, 15) is 22.8 Å². The monoisotopic (exact) mass is 444 g/mol. The Bertz CT molecular complexity index is 1200. The summed E-state index contributed by atoms with van der Waals surface area (Å²) in [4.78, 5) is 27.8. The summed E-state index contributed by atoms with van der Waals surface area (Å²) in [6.45, 7) is 3.60. The van der Waals surface area contributed by atoms with Gasteiger partial charge in [0, 0.05) is 17.8 Å². The van der Waals surface area contributed by atoms with Crippen LogP contribution in [0.2, 0.25) is 0 Å². The Morgan fingerprint density at radius 2 is 1.81 bits per heavy atom. The fourth-order valence-electron chi connectivity index (χ4n) is 3.80. The molecule has 0 aromatic heterocycles. The van der Waals surface area contributed by atoms with Gasteiger partial charge in [0.25, 0.3) is 11.8 Å². The Kier molecular flexibility index (Phi) is 4.55. The lowest BCUT2D eigenvalue weighted by molar-refractivity contribution is -0.137. The number of amides is 2. The Hall–Kier alpha value is -3.45. The van der Waals surface area contributed by atoms with E-state index in [1.807, 2.05) is 0 Å². The largest absolute Gasteiger partial charge is 0.417 e. The van der Waals surface area contributed by atoms with Gasteiger partial charge in [-0.2, -0.15) is 18.4 Å². The molecule has 1 N–H and O–H groups in total. The Morgan fingerprint density at radius 1 is 1.13 bits per heavy atom. The molecule has 2 amide bonds. The van der Waals surface area contributed by atoms with Crippen molar-refractivity contribution in [1.29, 1.82) is 5.26 Å². The Morgan fingerprint density at radius 3 is 2.45 bits per heavy atom. The maximum Gasteiger partial charge on any atom is 0.417 e. The van der Waals surface area contributed by atoms with Crippen molar-refractivity contribution in [3.05, 3.63) is 58.7 Å². The van der Waals surface area contributed by atoms with Gasteiger partial charge in [-0.15, -0.1) is 0 Å². The maximum absolute atomic E-state index is 13.4. The van der Waals surface area contributed by atoms with E-state index in [1.165, 1.54) is 17.0 Å². The van der Waals surface area contributed by atoms with Crippen LogP contribution in [0, 0.1) is 11.3 Å². The minimum atomic E-state index is -4.77. The number of rotatable bonds is 2. The predicted octanol–water partition coefficient (Wildman–Crippen LogP) is 3.74. The number of anilines is 2. The molecule has 0 spiro atoms. The fraction of sp³-hybridized carbons (Fsp3) is 0.238. The normalized spacial score (nSPS) is 17.6. The van der Waals surface area contributed by atoms with Gasteiger partial charge in [0.2, 0.25) is 0 Å². The lowest BCUT2D eigenvalue weighted by Crippen LogP contribution is -2.44. The van der Waals surface area contributed by atoms with Crippen molar-refractivity contribution in [1.82, 2.24) is 5.32 Å². The molecule has 6 nitrogen and oxygen atoms in total. The number of benzene rings is 2. The van der Waals surface area contributed by atoms with E-state index in [-0.39, 0.29) is 16.7 Å². The summed E-state index contributed by atoms with van der Waals surface area (Å²) in [5.74, 6) is -0.773. The SMILES string of the molecule is CC1(C)C(=O)N(c2ccc(C#N)c(C(F)(F)F)c2)C(=S)N1c1ccc2c(c1)C(=O)NC2. The summed E-state index contributed by atoms with van der Waals surface area (Å²) in [7, 11) is 0. The van der Waals surface area contributed by atoms with Crippen LogP contribution in [0.25, 0.3) is 0 Å². The Labute approximate surface area is 180 Å². The van der Waals surface area contributed by atoms with E-state index in [0.29, 0.717) is 17.8 Å². The molecule has 4 rings (SSSR count). The number of carbonyl (C=O) groups is 2. The molecule has 0 unspecified atom stereocenters. The van der Waals surface area contributed by atoms with Gasteiger partial charge in [-0.25, -0.2) is 0 Å². The first-order chi connectivity index (χ1) is 14.5. The van der Waals surface area contributed by atoms with Crippen LogP contribution in [0.15, 0.2) is 36.4 Å². The molecule has 2 aromatic carbocycles.